The van der Waals surface area contributed by atoms with Crippen molar-refractivity contribution in [2.24, 2.45) is 14.1 Å². The molecule has 2 atom stereocenters. The number of alkyl halides is 1. The predicted octanol–water partition coefficient (Wildman–Crippen LogP) is 3.40. The van der Waals surface area contributed by atoms with E-state index >= 15 is 0 Å². The number of carbonyl (C=O) groups excluding carboxylic acids is 1. The van der Waals surface area contributed by atoms with E-state index in [9.17, 15) is 14.4 Å². The Labute approximate surface area is 179 Å². The van der Waals surface area contributed by atoms with Crippen molar-refractivity contribution in [3.05, 3.63) is 27.2 Å². The van der Waals surface area contributed by atoms with E-state index < -0.39 is 0 Å². The van der Waals surface area contributed by atoms with Crippen LogP contribution >= 0.6 is 15.9 Å². The van der Waals surface area contributed by atoms with Gasteiger partial charge in [0.1, 0.15) is 0 Å². The third kappa shape index (κ3) is 6.04. The highest BCUT2D eigenvalue weighted by Crippen LogP contribution is 2.21. The molecular weight excluding hydrogens is 440 g/mol. The Morgan fingerprint density at radius 3 is 2.31 bits per heavy atom. The van der Waals surface area contributed by atoms with Crippen molar-refractivity contribution in [1.82, 2.24) is 18.7 Å². The van der Waals surface area contributed by atoms with Gasteiger partial charge in [-0.3, -0.25) is 14.2 Å². The first-order chi connectivity index (χ1) is 13.7. The van der Waals surface area contributed by atoms with Crippen molar-refractivity contribution in [3.63, 3.8) is 0 Å². The third-order valence-electron chi connectivity index (χ3n) is 5.10. The molecule has 0 saturated heterocycles. The Balaban J connectivity index is 1.78. The van der Waals surface area contributed by atoms with E-state index in [1.165, 1.54) is 16.1 Å². The molecule has 2 unspecified atom stereocenters. The normalized spacial score (nSPS) is 13.6. The molecule has 0 spiro atoms. The Hall–Kier alpha value is -1.90. The monoisotopic (exact) mass is 470 g/mol. The smallest absolute Gasteiger partial charge is 0.333 e. The molecule has 0 saturated carbocycles. The van der Waals surface area contributed by atoms with Crippen LogP contribution in [0.5, 0.6) is 0 Å². The average molecular weight is 471 g/mol. The average Bonchev–Trinajstić information content (AvgIpc) is 3.03. The number of nitrogens with zero attached hydrogens (tertiary/aromatic N) is 4. The summed E-state index contributed by atoms with van der Waals surface area (Å²) >= 11 is 3.53. The van der Waals surface area contributed by atoms with Crippen LogP contribution in [-0.2, 0) is 23.6 Å². The van der Waals surface area contributed by atoms with E-state index in [0.29, 0.717) is 17.6 Å². The van der Waals surface area contributed by atoms with E-state index in [-0.39, 0.29) is 28.3 Å². The molecule has 0 aliphatic heterocycles. The molecule has 0 fully saturated rings. The molecular formula is C20H31BrN4O4. The van der Waals surface area contributed by atoms with Crippen LogP contribution in [0.1, 0.15) is 70.2 Å². The maximum Gasteiger partial charge on any atom is 0.333 e. The second-order valence-electron chi connectivity index (χ2n) is 7.60. The third-order valence-corrected chi connectivity index (χ3v) is 5.97. The summed E-state index contributed by atoms with van der Waals surface area (Å²) in [6.45, 7) is 3.36. The maximum absolute atomic E-state index is 12.8. The minimum Gasteiger partial charge on any atom is -0.463 e. The summed E-state index contributed by atoms with van der Waals surface area (Å²) in [5.74, 6) is -0.224. The zero-order valence-electron chi connectivity index (χ0n) is 17.7. The largest absolute Gasteiger partial charge is 0.463 e. The fraction of sp³-hybridized carbons (Fsp3) is 0.700. The molecule has 2 rings (SSSR count). The second-order valence-corrected chi connectivity index (χ2v) is 8.65. The number of esters is 1. The van der Waals surface area contributed by atoms with Crippen LogP contribution in [0.3, 0.4) is 0 Å². The van der Waals surface area contributed by atoms with Gasteiger partial charge < -0.3 is 9.30 Å². The van der Waals surface area contributed by atoms with E-state index in [0.717, 1.165) is 44.9 Å². The summed E-state index contributed by atoms with van der Waals surface area (Å²) < 4.78 is 9.46. The first-order valence-corrected chi connectivity index (χ1v) is 11.1. The highest BCUT2D eigenvalue weighted by Gasteiger charge is 2.19. The summed E-state index contributed by atoms with van der Waals surface area (Å²) in [6.07, 6.45) is 9.51. The van der Waals surface area contributed by atoms with Gasteiger partial charge in [-0.15, -0.1) is 0 Å². The summed E-state index contributed by atoms with van der Waals surface area (Å²) in [4.78, 5) is 40.1. The molecule has 2 heterocycles. The SMILES string of the molecule is CC(=O)OC(C)CCCCCCCCC(Br)n1c(=O)c2c(ncn2C)n(C)c1=O. The molecule has 0 bridgehead atoms. The molecule has 29 heavy (non-hydrogen) atoms. The van der Waals surface area contributed by atoms with E-state index in [2.05, 4.69) is 20.9 Å². The van der Waals surface area contributed by atoms with Crippen molar-refractivity contribution in [1.29, 1.82) is 0 Å². The number of aromatic nitrogens is 4. The molecule has 0 amide bonds. The number of hydrogen-bond donors (Lipinski definition) is 0. The van der Waals surface area contributed by atoms with Crippen LogP contribution in [0.2, 0.25) is 0 Å². The molecule has 162 valence electrons. The van der Waals surface area contributed by atoms with E-state index in [1.54, 1.807) is 25.0 Å². The molecule has 9 heteroatoms. The van der Waals surface area contributed by atoms with Crippen LogP contribution in [0, 0.1) is 0 Å². The number of aryl methyl sites for hydroxylation is 2. The van der Waals surface area contributed by atoms with Crippen LogP contribution < -0.4 is 11.2 Å². The zero-order valence-corrected chi connectivity index (χ0v) is 19.3. The Morgan fingerprint density at radius 1 is 1.10 bits per heavy atom. The minimum atomic E-state index is -0.357. The van der Waals surface area contributed by atoms with Gasteiger partial charge in [-0.05, 0) is 26.2 Å². The first kappa shape index (κ1) is 23.4. The number of unbranched alkanes of at least 4 members (excludes halogenated alkanes) is 5. The summed E-state index contributed by atoms with van der Waals surface area (Å²) in [6, 6.07) is 0. The van der Waals surface area contributed by atoms with Gasteiger partial charge in [0.15, 0.2) is 11.2 Å². The van der Waals surface area contributed by atoms with Crippen molar-refractivity contribution in [2.75, 3.05) is 0 Å². The molecule has 0 N–H and O–H groups in total. The van der Waals surface area contributed by atoms with Crippen LogP contribution in [0.25, 0.3) is 11.2 Å². The number of rotatable bonds is 11. The lowest BCUT2D eigenvalue weighted by Gasteiger charge is -2.14. The van der Waals surface area contributed by atoms with Gasteiger partial charge in [0.2, 0.25) is 0 Å². The van der Waals surface area contributed by atoms with Crippen LogP contribution in [0.15, 0.2) is 15.9 Å². The molecule has 0 aromatic carbocycles. The molecule has 0 aliphatic carbocycles. The highest BCUT2D eigenvalue weighted by molar-refractivity contribution is 9.09. The highest BCUT2D eigenvalue weighted by atomic mass is 79.9. The number of imidazole rings is 1. The topological polar surface area (TPSA) is 88.1 Å². The van der Waals surface area contributed by atoms with Crippen molar-refractivity contribution >= 4 is 33.1 Å². The van der Waals surface area contributed by atoms with Gasteiger partial charge in [0, 0.05) is 21.0 Å². The van der Waals surface area contributed by atoms with Crippen molar-refractivity contribution in [2.45, 2.75) is 76.3 Å². The van der Waals surface area contributed by atoms with Crippen molar-refractivity contribution in [3.8, 4) is 0 Å². The fourth-order valence-corrected chi connectivity index (χ4v) is 4.22. The fourth-order valence-electron chi connectivity index (χ4n) is 3.53. The molecule has 0 aliphatic rings. The second kappa shape index (κ2) is 10.8. The summed E-state index contributed by atoms with van der Waals surface area (Å²) in [5, 5.41) is 0. The lowest BCUT2D eigenvalue weighted by atomic mass is 10.1. The lowest BCUT2D eigenvalue weighted by molar-refractivity contribution is -0.145. The van der Waals surface area contributed by atoms with Gasteiger partial charge in [-0.1, -0.05) is 48.0 Å². The molecule has 2 aromatic rings. The van der Waals surface area contributed by atoms with Gasteiger partial charge in [-0.2, -0.15) is 0 Å². The summed E-state index contributed by atoms with van der Waals surface area (Å²) in [7, 11) is 3.39. The number of fused-ring (bicyclic) bond motifs is 1. The van der Waals surface area contributed by atoms with Crippen molar-refractivity contribution < 1.29 is 9.53 Å². The number of hydrogen-bond acceptors (Lipinski definition) is 5. The lowest BCUT2D eigenvalue weighted by Crippen LogP contribution is -2.40. The number of halogens is 1. The first-order valence-electron chi connectivity index (χ1n) is 10.2. The summed E-state index contributed by atoms with van der Waals surface area (Å²) in [5.41, 5.74) is 0.165. The molecule has 0 radical (unpaired) electrons. The van der Waals surface area contributed by atoms with Gasteiger partial charge in [0.05, 0.1) is 17.4 Å². The van der Waals surface area contributed by atoms with E-state index in [4.69, 9.17) is 4.74 Å². The standard InChI is InChI=1S/C20H31BrN4O4/c1-14(29-15(2)26)11-9-7-5-6-8-10-12-16(21)25-19(27)17-18(22-13-23(17)3)24(4)20(25)28/h13-14,16H,5-12H2,1-4H3. The van der Waals surface area contributed by atoms with Gasteiger partial charge in [0.25, 0.3) is 5.56 Å². The van der Waals surface area contributed by atoms with Gasteiger partial charge in [-0.25, -0.2) is 14.3 Å². The predicted molar refractivity (Wildman–Crippen MR) is 116 cm³/mol. The Bertz CT molecular complexity index is 946. The molecule has 8 nitrogen and oxygen atoms in total. The molecule has 2 aromatic heterocycles. The quantitative estimate of drug-likeness (QED) is 0.285. The van der Waals surface area contributed by atoms with E-state index in [1.807, 2.05) is 6.92 Å². The zero-order chi connectivity index (χ0) is 21.6. The Kier molecular flexibility index (Phi) is 8.67. The van der Waals surface area contributed by atoms with Crippen LogP contribution in [-0.4, -0.2) is 30.8 Å². The minimum absolute atomic E-state index is 0.0145. The number of ether oxygens (including phenoxy) is 1. The van der Waals surface area contributed by atoms with Crippen LogP contribution in [0.4, 0.5) is 0 Å². The Morgan fingerprint density at radius 2 is 1.69 bits per heavy atom. The van der Waals surface area contributed by atoms with Gasteiger partial charge >= 0.3 is 11.7 Å². The maximum atomic E-state index is 12.8. The number of carbonyl (C=O) groups is 1.